The molecule has 4 rings (SSSR count). The highest BCUT2D eigenvalue weighted by atomic mass is 32.2. The largest absolute Gasteiger partial charge is 0.497 e. The normalized spacial score (nSPS) is 16.9. The molecule has 1 fully saturated rings. The molecule has 1 saturated heterocycles. The summed E-state index contributed by atoms with van der Waals surface area (Å²) < 4.78 is 38.5. The Labute approximate surface area is 180 Å². The summed E-state index contributed by atoms with van der Waals surface area (Å²) in [7, 11) is -2.18. The molecule has 1 amide bonds. The first-order valence-corrected chi connectivity index (χ1v) is 11.2. The molecular formula is C21H22N4O5S. The number of sulfonamides is 1. The molecule has 2 heterocycles. The van der Waals surface area contributed by atoms with Crippen LogP contribution in [0.2, 0.25) is 0 Å². The molecule has 0 aliphatic carbocycles. The van der Waals surface area contributed by atoms with Gasteiger partial charge in [-0.25, -0.2) is 8.42 Å². The lowest BCUT2D eigenvalue weighted by atomic mass is 10.2. The fourth-order valence-corrected chi connectivity index (χ4v) is 5.20. The maximum Gasteiger partial charge on any atom is 0.245 e. The van der Waals surface area contributed by atoms with E-state index < -0.39 is 16.1 Å². The maximum atomic E-state index is 13.2. The van der Waals surface area contributed by atoms with Gasteiger partial charge in [0, 0.05) is 24.7 Å². The maximum absolute atomic E-state index is 13.2. The summed E-state index contributed by atoms with van der Waals surface area (Å²) in [6.45, 7) is 1.75. The fourth-order valence-electron chi connectivity index (χ4n) is 3.55. The zero-order valence-electron chi connectivity index (χ0n) is 17.1. The van der Waals surface area contributed by atoms with Crippen LogP contribution in [-0.2, 0) is 14.8 Å². The second kappa shape index (κ2) is 8.48. The van der Waals surface area contributed by atoms with E-state index in [0.717, 1.165) is 5.56 Å². The number of benzene rings is 2. The Morgan fingerprint density at radius 2 is 1.87 bits per heavy atom. The highest BCUT2D eigenvalue weighted by molar-refractivity contribution is 7.89. The van der Waals surface area contributed by atoms with E-state index in [4.69, 9.17) is 9.26 Å². The number of ether oxygens (including phenoxy) is 1. The fraction of sp³-hybridized carbons (Fsp3) is 0.286. The second-order valence-electron chi connectivity index (χ2n) is 7.16. The van der Waals surface area contributed by atoms with Gasteiger partial charge in [-0.15, -0.1) is 0 Å². The number of rotatable bonds is 6. The van der Waals surface area contributed by atoms with Gasteiger partial charge in [0.15, 0.2) is 0 Å². The topological polar surface area (TPSA) is 115 Å². The molecule has 2 aromatic carbocycles. The van der Waals surface area contributed by atoms with Crippen molar-refractivity contribution in [3.8, 4) is 17.1 Å². The third-order valence-corrected chi connectivity index (χ3v) is 6.98. The Balaban J connectivity index is 1.57. The highest BCUT2D eigenvalue weighted by Gasteiger charge is 2.39. The molecule has 162 valence electrons. The molecular weight excluding hydrogens is 420 g/mol. The Morgan fingerprint density at radius 1 is 1.16 bits per heavy atom. The van der Waals surface area contributed by atoms with E-state index in [2.05, 4.69) is 15.5 Å². The first-order chi connectivity index (χ1) is 14.9. The van der Waals surface area contributed by atoms with Crippen LogP contribution in [0.3, 0.4) is 0 Å². The Bertz CT molecular complexity index is 1170. The molecule has 0 spiro atoms. The molecule has 0 bridgehead atoms. The molecule has 1 aromatic heterocycles. The molecule has 1 aliphatic rings. The highest BCUT2D eigenvalue weighted by Crippen LogP contribution is 2.36. The minimum Gasteiger partial charge on any atom is -0.497 e. The zero-order valence-corrected chi connectivity index (χ0v) is 17.9. The molecule has 1 unspecified atom stereocenters. The van der Waals surface area contributed by atoms with Crippen LogP contribution >= 0.6 is 0 Å². The lowest BCUT2D eigenvalue weighted by Crippen LogP contribution is -2.30. The number of amides is 1. The third-order valence-electron chi connectivity index (χ3n) is 5.06. The van der Waals surface area contributed by atoms with Crippen LogP contribution < -0.4 is 10.1 Å². The van der Waals surface area contributed by atoms with Crippen molar-refractivity contribution in [1.82, 2.24) is 14.4 Å². The van der Waals surface area contributed by atoms with Crippen LogP contribution in [0.25, 0.3) is 11.4 Å². The number of methoxy groups -OCH3 is 1. The van der Waals surface area contributed by atoms with Crippen molar-refractivity contribution in [3.05, 3.63) is 54.4 Å². The van der Waals surface area contributed by atoms with Gasteiger partial charge in [0.05, 0.1) is 12.0 Å². The molecule has 1 atom stereocenters. The van der Waals surface area contributed by atoms with Crippen LogP contribution in [0.1, 0.15) is 31.7 Å². The summed E-state index contributed by atoms with van der Waals surface area (Å²) in [6.07, 6.45) is 1.28. The molecule has 31 heavy (non-hydrogen) atoms. The first-order valence-electron chi connectivity index (χ1n) is 9.76. The summed E-state index contributed by atoms with van der Waals surface area (Å²) in [4.78, 5) is 15.8. The van der Waals surface area contributed by atoms with Crippen molar-refractivity contribution in [2.75, 3.05) is 19.0 Å². The Kier molecular flexibility index (Phi) is 5.75. The summed E-state index contributed by atoms with van der Waals surface area (Å²) in [5, 5.41) is 6.65. The van der Waals surface area contributed by atoms with Gasteiger partial charge < -0.3 is 14.6 Å². The standard InChI is InChI=1S/C21H22N4O5S/c1-14(26)22-16-7-11-18(12-8-16)31(27,28)25-13-3-4-19(25)21-23-20(24-30-21)15-5-9-17(29-2)10-6-15/h5-12,19H,3-4,13H2,1-2H3,(H,22,26). The van der Waals surface area contributed by atoms with Crippen molar-refractivity contribution in [2.24, 2.45) is 0 Å². The molecule has 10 heteroatoms. The number of carbonyl (C=O) groups is 1. The number of nitrogens with one attached hydrogen (secondary N) is 1. The predicted octanol–water partition coefficient (Wildman–Crippen LogP) is 3.23. The molecule has 0 radical (unpaired) electrons. The number of hydrogen-bond acceptors (Lipinski definition) is 7. The number of aromatic nitrogens is 2. The van der Waals surface area contributed by atoms with Crippen LogP contribution in [-0.4, -0.2) is 42.4 Å². The van der Waals surface area contributed by atoms with Crippen LogP contribution in [0.15, 0.2) is 57.9 Å². The number of hydrogen-bond donors (Lipinski definition) is 1. The smallest absolute Gasteiger partial charge is 0.245 e. The lowest BCUT2D eigenvalue weighted by Gasteiger charge is -2.21. The van der Waals surface area contributed by atoms with Gasteiger partial charge in [-0.2, -0.15) is 9.29 Å². The second-order valence-corrected chi connectivity index (χ2v) is 9.05. The van der Waals surface area contributed by atoms with Gasteiger partial charge >= 0.3 is 0 Å². The van der Waals surface area contributed by atoms with Crippen molar-refractivity contribution < 1.29 is 22.5 Å². The minimum atomic E-state index is -3.77. The molecule has 9 nitrogen and oxygen atoms in total. The van der Waals surface area contributed by atoms with Gasteiger partial charge in [0.1, 0.15) is 11.8 Å². The van der Waals surface area contributed by atoms with E-state index >= 15 is 0 Å². The summed E-state index contributed by atoms with van der Waals surface area (Å²) in [5.74, 6) is 1.15. The van der Waals surface area contributed by atoms with E-state index in [9.17, 15) is 13.2 Å². The van der Waals surface area contributed by atoms with E-state index in [-0.39, 0.29) is 16.7 Å². The monoisotopic (exact) mass is 442 g/mol. The minimum absolute atomic E-state index is 0.142. The summed E-state index contributed by atoms with van der Waals surface area (Å²) >= 11 is 0. The first kappa shape index (κ1) is 21.0. The third kappa shape index (κ3) is 4.30. The van der Waals surface area contributed by atoms with Gasteiger partial charge in [-0.05, 0) is 61.4 Å². The van der Waals surface area contributed by atoms with E-state index in [1.165, 1.54) is 23.4 Å². The Hall–Kier alpha value is -3.24. The number of nitrogens with zero attached hydrogens (tertiary/aromatic N) is 3. The van der Waals surface area contributed by atoms with E-state index in [1.807, 2.05) is 12.1 Å². The van der Waals surface area contributed by atoms with Gasteiger partial charge in [-0.1, -0.05) is 5.16 Å². The SMILES string of the molecule is COc1ccc(-c2noc(C3CCCN3S(=O)(=O)c3ccc(NC(C)=O)cc3)n2)cc1. The average molecular weight is 442 g/mol. The van der Waals surface area contributed by atoms with Crippen molar-refractivity contribution >= 4 is 21.6 Å². The van der Waals surface area contributed by atoms with Gasteiger partial charge in [0.2, 0.25) is 27.6 Å². The Morgan fingerprint density at radius 3 is 2.52 bits per heavy atom. The molecule has 0 saturated carbocycles. The van der Waals surface area contributed by atoms with Gasteiger partial charge in [-0.3, -0.25) is 4.79 Å². The number of carbonyl (C=O) groups excluding carboxylic acids is 1. The van der Waals surface area contributed by atoms with Crippen molar-refractivity contribution in [2.45, 2.75) is 30.7 Å². The molecule has 1 aliphatic heterocycles. The lowest BCUT2D eigenvalue weighted by molar-refractivity contribution is -0.114. The zero-order chi connectivity index (χ0) is 22.0. The van der Waals surface area contributed by atoms with Crippen molar-refractivity contribution in [3.63, 3.8) is 0 Å². The van der Waals surface area contributed by atoms with Crippen LogP contribution in [0.4, 0.5) is 5.69 Å². The molecule has 3 aromatic rings. The summed E-state index contributed by atoms with van der Waals surface area (Å²) in [6, 6.07) is 12.8. The van der Waals surface area contributed by atoms with Gasteiger partial charge in [0.25, 0.3) is 0 Å². The molecule has 1 N–H and O–H groups in total. The van der Waals surface area contributed by atoms with E-state index in [1.54, 1.807) is 31.4 Å². The number of anilines is 1. The average Bonchev–Trinajstić information content (AvgIpc) is 3.44. The van der Waals surface area contributed by atoms with Crippen molar-refractivity contribution in [1.29, 1.82) is 0 Å². The quantitative estimate of drug-likeness (QED) is 0.623. The summed E-state index contributed by atoms with van der Waals surface area (Å²) in [5.41, 5.74) is 1.28. The van der Waals surface area contributed by atoms with Crippen LogP contribution in [0.5, 0.6) is 5.75 Å². The van der Waals surface area contributed by atoms with Crippen LogP contribution in [0, 0.1) is 0 Å². The van der Waals surface area contributed by atoms with E-state index in [0.29, 0.717) is 36.6 Å². The predicted molar refractivity (Wildman–Crippen MR) is 113 cm³/mol.